The fourth-order valence-electron chi connectivity index (χ4n) is 2.94. The second-order valence-electron chi connectivity index (χ2n) is 5.63. The molecule has 1 fully saturated rings. The topological polar surface area (TPSA) is 120 Å². The number of nitrogens with two attached hydrogens (primary N) is 1. The molecule has 1 saturated carbocycles. The van der Waals surface area contributed by atoms with E-state index in [2.05, 4.69) is 20.3 Å². The molecule has 1 aromatic heterocycles. The zero-order chi connectivity index (χ0) is 15.5. The molecule has 8 nitrogen and oxygen atoms in total. The van der Waals surface area contributed by atoms with Gasteiger partial charge in [-0.25, -0.2) is 4.98 Å². The highest BCUT2D eigenvalue weighted by atomic mass is 16.4. The minimum atomic E-state index is -0.896. The van der Waals surface area contributed by atoms with Crippen LogP contribution in [0.3, 0.4) is 0 Å². The van der Waals surface area contributed by atoms with Gasteiger partial charge in [0.2, 0.25) is 5.91 Å². The minimum Gasteiger partial charge on any atom is -0.409 e. The molecule has 21 heavy (non-hydrogen) atoms. The number of aromatic nitrogens is 3. The van der Waals surface area contributed by atoms with Crippen LogP contribution in [0, 0.1) is 12.3 Å². The Morgan fingerprint density at radius 1 is 1.48 bits per heavy atom. The van der Waals surface area contributed by atoms with E-state index in [0.29, 0.717) is 31.0 Å². The smallest absolute Gasteiger partial charge is 0.236 e. The highest BCUT2D eigenvalue weighted by molar-refractivity contribution is 6.06. The highest BCUT2D eigenvalue weighted by Gasteiger charge is 2.45. The first kappa shape index (κ1) is 15.3. The molecule has 1 aromatic rings. The number of aryl methyl sites for hydroxylation is 1. The number of hydrogen-bond donors (Lipinski definition) is 3. The van der Waals surface area contributed by atoms with E-state index in [1.54, 1.807) is 18.9 Å². The standard InChI is InChI=1S/C13H22N6O2/c1-9-15-10(17-16-9)8-19(2)12(20)13(11(14)18-21)6-4-3-5-7-13/h21H,3-8H2,1-2H3,(H2,14,18)(H,15,16,17). The van der Waals surface area contributed by atoms with Gasteiger partial charge in [0.1, 0.15) is 11.2 Å². The van der Waals surface area contributed by atoms with Crippen LogP contribution in [0.4, 0.5) is 0 Å². The summed E-state index contributed by atoms with van der Waals surface area (Å²) in [5, 5.41) is 18.9. The van der Waals surface area contributed by atoms with Crippen LogP contribution in [0.5, 0.6) is 0 Å². The number of nitrogens with zero attached hydrogens (tertiary/aromatic N) is 4. The van der Waals surface area contributed by atoms with E-state index in [-0.39, 0.29) is 11.7 Å². The maximum Gasteiger partial charge on any atom is 0.236 e. The van der Waals surface area contributed by atoms with Crippen molar-refractivity contribution in [2.24, 2.45) is 16.3 Å². The van der Waals surface area contributed by atoms with Crippen LogP contribution in [0.1, 0.15) is 43.8 Å². The number of carbonyl (C=O) groups is 1. The monoisotopic (exact) mass is 294 g/mol. The first-order valence-electron chi connectivity index (χ1n) is 7.11. The van der Waals surface area contributed by atoms with Gasteiger partial charge in [0, 0.05) is 7.05 Å². The first-order chi connectivity index (χ1) is 9.99. The Kier molecular flexibility index (Phi) is 4.44. The molecule has 1 aliphatic carbocycles. The second kappa shape index (κ2) is 6.11. The van der Waals surface area contributed by atoms with Crippen LogP contribution >= 0.6 is 0 Å². The van der Waals surface area contributed by atoms with Crippen molar-refractivity contribution in [3.8, 4) is 0 Å². The van der Waals surface area contributed by atoms with Gasteiger partial charge in [0.25, 0.3) is 0 Å². The van der Waals surface area contributed by atoms with Crippen molar-refractivity contribution in [2.45, 2.75) is 45.6 Å². The van der Waals surface area contributed by atoms with E-state index in [1.807, 2.05) is 0 Å². The third-order valence-corrected chi connectivity index (χ3v) is 4.08. The third kappa shape index (κ3) is 2.98. The average molecular weight is 294 g/mol. The van der Waals surface area contributed by atoms with Crippen molar-refractivity contribution in [2.75, 3.05) is 7.05 Å². The molecule has 0 aliphatic heterocycles. The van der Waals surface area contributed by atoms with E-state index < -0.39 is 5.41 Å². The molecule has 0 aromatic carbocycles. The highest BCUT2D eigenvalue weighted by Crippen LogP contribution is 2.38. The molecule has 2 rings (SSSR count). The largest absolute Gasteiger partial charge is 0.409 e. The number of nitrogens with one attached hydrogen (secondary N) is 1. The Morgan fingerprint density at radius 2 is 2.14 bits per heavy atom. The Bertz CT molecular complexity index is 533. The normalized spacial score (nSPS) is 18.5. The average Bonchev–Trinajstić information content (AvgIpc) is 2.91. The number of H-pyrrole nitrogens is 1. The lowest BCUT2D eigenvalue weighted by molar-refractivity contribution is -0.139. The van der Waals surface area contributed by atoms with Crippen LogP contribution in [0.2, 0.25) is 0 Å². The van der Waals surface area contributed by atoms with Gasteiger partial charge in [-0.2, -0.15) is 5.10 Å². The number of aromatic amines is 1. The van der Waals surface area contributed by atoms with Crippen molar-refractivity contribution in [1.82, 2.24) is 20.1 Å². The predicted octanol–water partition coefficient (Wildman–Crippen LogP) is 0.768. The van der Waals surface area contributed by atoms with Crippen molar-refractivity contribution in [3.05, 3.63) is 11.6 Å². The molecule has 0 radical (unpaired) electrons. The molecule has 1 amide bonds. The number of oxime groups is 1. The molecular formula is C13H22N6O2. The molecule has 1 heterocycles. The zero-order valence-corrected chi connectivity index (χ0v) is 12.5. The lowest BCUT2D eigenvalue weighted by Crippen LogP contribution is -2.51. The zero-order valence-electron chi connectivity index (χ0n) is 12.5. The number of rotatable bonds is 4. The summed E-state index contributed by atoms with van der Waals surface area (Å²) in [4.78, 5) is 18.6. The Morgan fingerprint density at radius 3 is 2.67 bits per heavy atom. The third-order valence-electron chi connectivity index (χ3n) is 4.08. The lowest BCUT2D eigenvalue weighted by atomic mass is 9.72. The van der Waals surface area contributed by atoms with Gasteiger partial charge in [-0.1, -0.05) is 24.4 Å². The summed E-state index contributed by atoms with van der Waals surface area (Å²) in [6, 6.07) is 0. The van der Waals surface area contributed by atoms with Crippen molar-refractivity contribution >= 4 is 11.7 Å². The van der Waals surface area contributed by atoms with Gasteiger partial charge >= 0.3 is 0 Å². The molecule has 4 N–H and O–H groups in total. The Labute approximate surface area is 123 Å². The maximum atomic E-state index is 12.8. The van der Waals surface area contributed by atoms with Gasteiger partial charge in [0.15, 0.2) is 11.7 Å². The number of hydrogen-bond acceptors (Lipinski definition) is 5. The molecule has 8 heteroatoms. The van der Waals surface area contributed by atoms with Crippen molar-refractivity contribution in [1.29, 1.82) is 0 Å². The van der Waals surface area contributed by atoms with E-state index in [1.165, 1.54) is 0 Å². The summed E-state index contributed by atoms with van der Waals surface area (Å²) in [6.45, 7) is 2.10. The lowest BCUT2D eigenvalue weighted by Gasteiger charge is -2.37. The fourth-order valence-corrected chi connectivity index (χ4v) is 2.94. The Hall–Kier alpha value is -2.12. The molecule has 0 bridgehead atoms. The molecule has 1 aliphatic rings. The van der Waals surface area contributed by atoms with Crippen LogP contribution in [-0.4, -0.2) is 44.1 Å². The molecule has 0 spiro atoms. The summed E-state index contributed by atoms with van der Waals surface area (Å²) in [5.41, 5.74) is 4.94. The first-order valence-corrected chi connectivity index (χ1v) is 7.11. The second-order valence-corrected chi connectivity index (χ2v) is 5.63. The van der Waals surface area contributed by atoms with Gasteiger partial charge in [-0.15, -0.1) is 0 Å². The van der Waals surface area contributed by atoms with E-state index in [9.17, 15) is 4.79 Å². The van der Waals surface area contributed by atoms with Gasteiger partial charge in [0.05, 0.1) is 6.54 Å². The number of amidine groups is 1. The Balaban J connectivity index is 2.17. The fraction of sp³-hybridized carbons (Fsp3) is 0.692. The van der Waals surface area contributed by atoms with Gasteiger partial charge in [-0.05, 0) is 19.8 Å². The molecule has 0 atom stereocenters. The molecule has 116 valence electrons. The SMILES string of the molecule is Cc1nc(CN(C)C(=O)C2(C(N)=NO)CCCCC2)n[nH]1. The van der Waals surface area contributed by atoms with E-state index in [0.717, 1.165) is 19.3 Å². The summed E-state index contributed by atoms with van der Waals surface area (Å²) < 4.78 is 0. The minimum absolute atomic E-state index is 0.00483. The summed E-state index contributed by atoms with van der Waals surface area (Å²) >= 11 is 0. The predicted molar refractivity (Wildman–Crippen MR) is 76.5 cm³/mol. The maximum absolute atomic E-state index is 12.8. The van der Waals surface area contributed by atoms with Crippen LogP contribution in [0.25, 0.3) is 0 Å². The summed E-state index contributed by atoms with van der Waals surface area (Å²) in [7, 11) is 1.69. The van der Waals surface area contributed by atoms with Gasteiger partial charge in [-0.3, -0.25) is 9.89 Å². The van der Waals surface area contributed by atoms with E-state index >= 15 is 0 Å². The number of carbonyl (C=O) groups excluding carboxylic acids is 1. The van der Waals surface area contributed by atoms with Crippen LogP contribution < -0.4 is 5.73 Å². The molecular weight excluding hydrogens is 272 g/mol. The number of amides is 1. The molecule has 0 saturated heterocycles. The van der Waals surface area contributed by atoms with E-state index in [4.69, 9.17) is 10.9 Å². The van der Waals surface area contributed by atoms with Crippen molar-refractivity contribution < 1.29 is 10.0 Å². The molecule has 0 unspecified atom stereocenters. The quantitative estimate of drug-likeness (QED) is 0.328. The van der Waals surface area contributed by atoms with Crippen LogP contribution in [0.15, 0.2) is 5.16 Å². The van der Waals surface area contributed by atoms with Gasteiger partial charge < -0.3 is 15.8 Å². The summed E-state index contributed by atoms with van der Waals surface area (Å²) in [5.74, 6) is 1.12. The van der Waals surface area contributed by atoms with Crippen molar-refractivity contribution in [3.63, 3.8) is 0 Å². The summed E-state index contributed by atoms with van der Waals surface area (Å²) in [6.07, 6.45) is 4.08. The van der Waals surface area contributed by atoms with Crippen LogP contribution in [-0.2, 0) is 11.3 Å².